The van der Waals surface area contributed by atoms with Crippen molar-refractivity contribution < 1.29 is 9.47 Å². The number of H-pyrrole nitrogens is 2. The molecule has 8 heteroatoms. The molecular weight excluding hydrogens is 316 g/mol. The third kappa shape index (κ3) is 3.60. The van der Waals surface area contributed by atoms with E-state index in [0.29, 0.717) is 24.2 Å². The molecule has 0 aliphatic carbocycles. The van der Waals surface area contributed by atoms with E-state index in [9.17, 15) is 4.79 Å². The van der Waals surface area contributed by atoms with Gasteiger partial charge in [0.1, 0.15) is 11.6 Å². The summed E-state index contributed by atoms with van der Waals surface area (Å²) < 4.78 is 11.6. The normalized spacial score (nSPS) is 21.8. The van der Waals surface area contributed by atoms with Crippen LogP contribution in [0.4, 0.5) is 0 Å². The zero-order chi connectivity index (χ0) is 16.4. The molecule has 0 saturated carbocycles. The van der Waals surface area contributed by atoms with Crippen LogP contribution in [0.2, 0.25) is 0 Å². The number of ether oxygens (including phenoxy) is 2. The first-order chi connectivity index (χ1) is 11.0. The topological polar surface area (TPSA) is 92.0 Å². The summed E-state index contributed by atoms with van der Waals surface area (Å²) in [6.07, 6.45) is 5.34. The Morgan fingerprint density at radius 1 is 1.52 bits per heavy atom. The average molecular weight is 338 g/mol. The van der Waals surface area contributed by atoms with Crippen LogP contribution in [-0.2, 0) is 16.0 Å². The summed E-state index contributed by atoms with van der Waals surface area (Å²) in [5, 5.41) is 3.52. The minimum Gasteiger partial charge on any atom is -0.355 e. The molecule has 126 valence electrons. The molecule has 3 rings (SSSR count). The zero-order valence-electron chi connectivity index (χ0n) is 13.5. The summed E-state index contributed by atoms with van der Waals surface area (Å²) in [4.78, 5) is 21.5. The Morgan fingerprint density at radius 2 is 2.35 bits per heavy atom. The third-order valence-electron chi connectivity index (χ3n) is 3.93. The van der Waals surface area contributed by atoms with Crippen LogP contribution < -0.4 is 10.9 Å². The number of hydrogen-bond donors (Lipinski definition) is 3. The molecule has 1 unspecified atom stereocenters. The molecule has 1 saturated heterocycles. The third-order valence-corrected chi connectivity index (χ3v) is 4.62. The predicted octanol–water partition coefficient (Wildman–Crippen LogP) is 1.22. The lowest BCUT2D eigenvalue weighted by Gasteiger charge is -2.24. The van der Waals surface area contributed by atoms with Gasteiger partial charge in [-0.2, -0.15) is 11.8 Å². The standard InChI is InChI=1S/C15H22N4O3S/c1-15(2)21-6-11(22-15)10(7-23-3)16-4-9-5-17-13-12(9)18-8-19-14(13)20/h5,8,10-11,16-17H,4,6-7H2,1-3H3,(H,18,19,20)/t10-,11?/m0/s1. The van der Waals surface area contributed by atoms with Crippen molar-refractivity contribution >= 4 is 22.8 Å². The van der Waals surface area contributed by atoms with Crippen molar-refractivity contribution in [2.75, 3.05) is 18.6 Å². The van der Waals surface area contributed by atoms with E-state index in [2.05, 4.69) is 26.5 Å². The molecule has 1 aliphatic rings. The first-order valence-electron chi connectivity index (χ1n) is 7.58. The van der Waals surface area contributed by atoms with E-state index in [4.69, 9.17) is 9.47 Å². The molecule has 2 aromatic rings. The Kier molecular flexibility index (Phi) is 4.77. The average Bonchev–Trinajstić information content (AvgIpc) is 3.08. The Labute approximate surface area is 138 Å². The van der Waals surface area contributed by atoms with Crippen molar-refractivity contribution in [3.05, 3.63) is 28.4 Å². The second kappa shape index (κ2) is 6.64. The van der Waals surface area contributed by atoms with Gasteiger partial charge in [-0.05, 0) is 20.1 Å². The minimum atomic E-state index is -0.529. The van der Waals surface area contributed by atoms with Crippen LogP contribution in [0.15, 0.2) is 17.3 Å². The molecule has 2 aromatic heterocycles. The summed E-state index contributed by atoms with van der Waals surface area (Å²) in [6, 6.07) is 0.165. The molecule has 3 heterocycles. The van der Waals surface area contributed by atoms with E-state index >= 15 is 0 Å². The van der Waals surface area contributed by atoms with Crippen molar-refractivity contribution in [1.29, 1.82) is 0 Å². The van der Waals surface area contributed by atoms with Gasteiger partial charge in [0.15, 0.2) is 5.79 Å². The molecular formula is C15H22N4O3S. The summed E-state index contributed by atoms with van der Waals surface area (Å²) >= 11 is 1.76. The van der Waals surface area contributed by atoms with Crippen molar-refractivity contribution in [2.24, 2.45) is 0 Å². The Balaban J connectivity index is 1.71. The van der Waals surface area contributed by atoms with E-state index in [1.165, 1.54) is 6.33 Å². The Hall–Kier alpha value is -1.35. The van der Waals surface area contributed by atoms with E-state index in [1.807, 2.05) is 20.0 Å². The summed E-state index contributed by atoms with van der Waals surface area (Å²) in [7, 11) is 0. The maximum atomic E-state index is 11.7. The van der Waals surface area contributed by atoms with Gasteiger partial charge in [0, 0.05) is 30.1 Å². The lowest BCUT2D eigenvalue weighted by Crippen LogP contribution is -2.43. The van der Waals surface area contributed by atoms with E-state index in [0.717, 1.165) is 11.3 Å². The van der Waals surface area contributed by atoms with Crippen molar-refractivity contribution in [1.82, 2.24) is 20.3 Å². The fraction of sp³-hybridized carbons (Fsp3) is 0.600. The van der Waals surface area contributed by atoms with Gasteiger partial charge in [-0.15, -0.1) is 0 Å². The number of fused-ring (bicyclic) bond motifs is 1. The molecule has 0 aromatic carbocycles. The lowest BCUT2D eigenvalue weighted by atomic mass is 10.2. The monoisotopic (exact) mass is 338 g/mol. The maximum Gasteiger partial charge on any atom is 0.275 e. The Bertz CT molecular complexity index is 727. The number of aromatic nitrogens is 3. The van der Waals surface area contributed by atoms with Crippen LogP contribution in [0.3, 0.4) is 0 Å². The van der Waals surface area contributed by atoms with Crippen molar-refractivity contribution in [2.45, 2.75) is 38.3 Å². The molecule has 2 atom stereocenters. The number of nitrogens with zero attached hydrogens (tertiary/aromatic N) is 1. The van der Waals surface area contributed by atoms with Crippen LogP contribution in [0.1, 0.15) is 19.4 Å². The van der Waals surface area contributed by atoms with Gasteiger partial charge in [-0.25, -0.2) is 4.98 Å². The summed E-state index contributed by atoms with van der Waals surface area (Å²) in [5.41, 5.74) is 2.02. The molecule has 3 N–H and O–H groups in total. The molecule has 0 bridgehead atoms. The molecule has 0 amide bonds. The van der Waals surface area contributed by atoms with Gasteiger partial charge in [-0.1, -0.05) is 0 Å². The molecule has 0 spiro atoms. The lowest BCUT2D eigenvalue weighted by molar-refractivity contribution is -0.141. The van der Waals surface area contributed by atoms with Gasteiger partial charge in [0.05, 0.1) is 18.5 Å². The molecule has 1 aliphatic heterocycles. The van der Waals surface area contributed by atoms with E-state index in [1.54, 1.807) is 11.8 Å². The second-order valence-electron chi connectivity index (χ2n) is 6.08. The second-order valence-corrected chi connectivity index (χ2v) is 6.99. The first kappa shape index (κ1) is 16.5. The quantitative estimate of drug-likeness (QED) is 0.734. The highest BCUT2D eigenvalue weighted by Gasteiger charge is 2.37. The van der Waals surface area contributed by atoms with Crippen LogP contribution >= 0.6 is 11.8 Å². The van der Waals surface area contributed by atoms with Crippen LogP contribution in [0.5, 0.6) is 0 Å². The highest BCUT2D eigenvalue weighted by atomic mass is 32.2. The zero-order valence-corrected chi connectivity index (χ0v) is 14.3. The van der Waals surface area contributed by atoms with Crippen LogP contribution in [0.25, 0.3) is 11.0 Å². The first-order valence-corrected chi connectivity index (χ1v) is 8.97. The minimum absolute atomic E-state index is 0.0130. The number of rotatable bonds is 6. The van der Waals surface area contributed by atoms with Gasteiger partial charge >= 0.3 is 0 Å². The number of thioether (sulfide) groups is 1. The highest BCUT2D eigenvalue weighted by molar-refractivity contribution is 7.98. The molecule has 1 fully saturated rings. The van der Waals surface area contributed by atoms with Crippen molar-refractivity contribution in [3.63, 3.8) is 0 Å². The fourth-order valence-electron chi connectivity index (χ4n) is 2.77. The van der Waals surface area contributed by atoms with Gasteiger partial charge in [-0.3, -0.25) is 4.79 Å². The maximum absolute atomic E-state index is 11.7. The number of nitrogens with one attached hydrogen (secondary N) is 3. The summed E-state index contributed by atoms with van der Waals surface area (Å²) in [6.45, 7) is 5.05. The molecule has 7 nitrogen and oxygen atoms in total. The van der Waals surface area contributed by atoms with Crippen LogP contribution in [0, 0.1) is 0 Å². The van der Waals surface area contributed by atoms with E-state index < -0.39 is 5.79 Å². The highest BCUT2D eigenvalue weighted by Crippen LogP contribution is 2.25. The summed E-state index contributed by atoms with van der Waals surface area (Å²) in [5.74, 6) is 0.388. The van der Waals surface area contributed by atoms with E-state index in [-0.39, 0.29) is 17.7 Å². The van der Waals surface area contributed by atoms with Crippen molar-refractivity contribution in [3.8, 4) is 0 Å². The van der Waals surface area contributed by atoms with Crippen LogP contribution in [-0.4, -0.2) is 51.5 Å². The fourth-order valence-corrected chi connectivity index (χ4v) is 3.46. The molecule has 23 heavy (non-hydrogen) atoms. The van der Waals surface area contributed by atoms with Gasteiger partial charge < -0.3 is 24.8 Å². The SMILES string of the molecule is CSC[C@H](NCc1c[nH]c2c(=O)[nH]cnc12)C1COC(C)(C)O1. The molecule has 0 radical (unpaired) electrons. The largest absolute Gasteiger partial charge is 0.355 e. The van der Waals surface area contributed by atoms with Gasteiger partial charge in [0.2, 0.25) is 0 Å². The predicted molar refractivity (Wildman–Crippen MR) is 90.6 cm³/mol. The smallest absolute Gasteiger partial charge is 0.275 e. The number of aromatic amines is 2. The Morgan fingerprint density at radius 3 is 3.04 bits per heavy atom. The van der Waals surface area contributed by atoms with Gasteiger partial charge in [0.25, 0.3) is 5.56 Å². The number of hydrogen-bond acceptors (Lipinski definition) is 6.